The molecule has 0 radical (unpaired) electrons. The standard InChI is InChI=1S/C14H17BrN4O/c1-9(2)19-8-10(7-17-19)13(14(16)20)18-12-5-3-11(15)4-6-12/h3-9,13,18H,1-2H3,(H2,16,20). The van der Waals surface area contributed by atoms with E-state index in [-0.39, 0.29) is 6.04 Å². The lowest BCUT2D eigenvalue weighted by molar-refractivity contribution is -0.118. The largest absolute Gasteiger partial charge is 0.370 e. The smallest absolute Gasteiger partial charge is 0.244 e. The molecular weight excluding hydrogens is 320 g/mol. The van der Waals surface area contributed by atoms with Gasteiger partial charge in [0.1, 0.15) is 6.04 Å². The minimum atomic E-state index is -0.594. The Morgan fingerprint density at radius 2 is 2.00 bits per heavy atom. The zero-order chi connectivity index (χ0) is 14.7. The summed E-state index contributed by atoms with van der Waals surface area (Å²) in [4.78, 5) is 11.7. The molecule has 20 heavy (non-hydrogen) atoms. The molecule has 1 aromatic carbocycles. The highest BCUT2D eigenvalue weighted by atomic mass is 79.9. The number of amides is 1. The second-order valence-corrected chi connectivity index (χ2v) is 5.75. The molecule has 0 saturated carbocycles. The number of benzene rings is 1. The fourth-order valence-electron chi connectivity index (χ4n) is 1.82. The van der Waals surface area contributed by atoms with Gasteiger partial charge in [-0.1, -0.05) is 15.9 Å². The molecule has 0 aliphatic heterocycles. The Bertz CT molecular complexity index is 591. The summed E-state index contributed by atoms with van der Waals surface area (Å²) in [6, 6.07) is 7.21. The summed E-state index contributed by atoms with van der Waals surface area (Å²) in [5.41, 5.74) is 7.07. The van der Waals surface area contributed by atoms with E-state index in [0.717, 1.165) is 15.7 Å². The van der Waals surface area contributed by atoms with Gasteiger partial charge in [0.25, 0.3) is 0 Å². The lowest BCUT2D eigenvalue weighted by Crippen LogP contribution is -2.27. The third-order valence-electron chi connectivity index (χ3n) is 2.92. The van der Waals surface area contributed by atoms with Crippen molar-refractivity contribution in [2.24, 2.45) is 5.73 Å². The van der Waals surface area contributed by atoms with Crippen LogP contribution >= 0.6 is 15.9 Å². The summed E-state index contributed by atoms with van der Waals surface area (Å²) in [5.74, 6) is -0.434. The van der Waals surface area contributed by atoms with Crippen LogP contribution in [0.5, 0.6) is 0 Å². The van der Waals surface area contributed by atoms with Crippen LogP contribution in [0.4, 0.5) is 5.69 Å². The Hall–Kier alpha value is -1.82. The minimum Gasteiger partial charge on any atom is -0.370 e. The van der Waals surface area contributed by atoms with Crippen molar-refractivity contribution in [1.29, 1.82) is 0 Å². The number of anilines is 1. The van der Waals surface area contributed by atoms with E-state index in [4.69, 9.17) is 5.73 Å². The van der Waals surface area contributed by atoms with Crippen LogP contribution in [0.25, 0.3) is 0 Å². The number of hydrogen-bond acceptors (Lipinski definition) is 3. The Balaban J connectivity index is 2.22. The molecule has 1 amide bonds. The molecular formula is C14H17BrN4O. The topological polar surface area (TPSA) is 72.9 Å². The molecule has 2 rings (SSSR count). The Labute approximate surface area is 126 Å². The summed E-state index contributed by atoms with van der Waals surface area (Å²) in [7, 11) is 0. The zero-order valence-corrected chi connectivity index (χ0v) is 13.0. The molecule has 5 nitrogen and oxygen atoms in total. The molecule has 0 aliphatic carbocycles. The maximum Gasteiger partial charge on any atom is 0.244 e. The molecule has 2 aromatic rings. The number of carbonyl (C=O) groups is 1. The van der Waals surface area contributed by atoms with Crippen molar-refractivity contribution in [2.75, 3.05) is 5.32 Å². The van der Waals surface area contributed by atoms with Gasteiger partial charge in [-0.2, -0.15) is 5.10 Å². The van der Waals surface area contributed by atoms with E-state index in [2.05, 4.69) is 26.3 Å². The van der Waals surface area contributed by atoms with Crippen LogP contribution < -0.4 is 11.1 Å². The monoisotopic (exact) mass is 336 g/mol. The summed E-state index contributed by atoms with van der Waals surface area (Å²) in [5, 5.41) is 7.36. The number of nitrogens with zero attached hydrogens (tertiary/aromatic N) is 2. The molecule has 3 N–H and O–H groups in total. The summed E-state index contributed by atoms with van der Waals surface area (Å²) < 4.78 is 2.78. The Morgan fingerprint density at radius 1 is 1.35 bits per heavy atom. The highest BCUT2D eigenvalue weighted by molar-refractivity contribution is 9.10. The third kappa shape index (κ3) is 3.39. The Morgan fingerprint density at radius 3 is 2.50 bits per heavy atom. The van der Waals surface area contributed by atoms with Crippen LogP contribution in [0.2, 0.25) is 0 Å². The fraction of sp³-hybridized carbons (Fsp3) is 0.286. The zero-order valence-electron chi connectivity index (χ0n) is 11.4. The van der Waals surface area contributed by atoms with E-state index in [9.17, 15) is 4.79 Å². The molecule has 1 atom stereocenters. The van der Waals surface area contributed by atoms with Crippen molar-refractivity contribution in [1.82, 2.24) is 9.78 Å². The summed E-state index contributed by atoms with van der Waals surface area (Å²) in [6.45, 7) is 4.05. The number of nitrogens with one attached hydrogen (secondary N) is 1. The van der Waals surface area contributed by atoms with Crippen molar-refractivity contribution < 1.29 is 4.79 Å². The van der Waals surface area contributed by atoms with E-state index in [0.29, 0.717) is 0 Å². The maximum atomic E-state index is 11.7. The molecule has 1 heterocycles. The van der Waals surface area contributed by atoms with E-state index in [1.807, 2.05) is 44.3 Å². The average Bonchev–Trinajstić information content (AvgIpc) is 2.87. The van der Waals surface area contributed by atoms with Gasteiger partial charge in [0.05, 0.1) is 6.20 Å². The number of nitrogens with two attached hydrogens (primary N) is 1. The van der Waals surface area contributed by atoms with E-state index in [1.54, 1.807) is 10.9 Å². The lowest BCUT2D eigenvalue weighted by atomic mass is 10.1. The predicted molar refractivity (Wildman–Crippen MR) is 82.3 cm³/mol. The molecule has 0 fully saturated rings. The minimum absolute atomic E-state index is 0.241. The van der Waals surface area contributed by atoms with Crippen LogP contribution in [0.15, 0.2) is 41.1 Å². The number of primary amides is 1. The van der Waals surface area contributed by atoms with Crippen molar-refractivity contribution in [3.8, 4) is 0 Å². The first-order chi connectivity index (χ1) is 9.47. The van der Waals surface area contributed by atoms with Gasteiger partial charge < -0.3 is 11.1 Å². The number of rotatable bonds is 5. The van der Waals surface area contributed by atoms with Crippen molar-refractivity contribution in [3.05, 3.63) is 46.7 Å². The van der Waals surface area contributed by atoms with Crippen molar-refractivity contribution in [2.45, 2.75) is 25.9 Å². The van der Waals surface area contributed by atoms with Gasteiger partial charge in [-0.05, 0) is 38.1 Å². The van der Waals surface area contributed by atoms with Crippen LogP contribution in [0.3, 0.4) is 0 Å². The predicted octanol–water partition coefficient (Wildman–Crippen LogP) is 2.87. The fourth-order valence-corrected chi connectivity index (χ4v) is 2.08. The van der Waals surface area contributed by atoms with E-state index >= 15 is 0 Å². The highest BCUT2D eigenvalue weighted by Crippen LogP contribution is 2.21. The van der Waals surface area contributed by atoms with Crippen molar-refractivity contribution >= 4 is 27.5 Å². The second-order valence-electron chi connectivity index (χ2n) is 4.83. The first-order valence-electron chi connectivity index (χ1n) is 6.33. The van der Waals surface area contributed by atoms with Gasteiger partial charge in [-0.25, -0.2) is 0 Å². The SMILES string of the molecule is CC(C)n1cc(C(Nc2ccc(Br)cc2)C(N)=O)cn1. The van der Waals surface area contributed by atoms with Crippen LogP contribution in [-0.4, -0.2) is 15.7 Å². The molecule has 0 bridgehead atoms. The van der Waals surface area contributed by atoms with Gasteiger partial charge in [-0.3, -0.25) is 9.48 Å². The van der Waals surface area contributed by atoms with Gasteiger partial charge in [0.15, 0.2) is 0 Å². The van der Waals surface area contributed by atoms with E-state index in [1.165, 1.54) is 0 Å². The first kappa shape index (κ1) is 14.6. The summed E-state index contributed by atoms with van der Waals surface area (Å²) >= 11 is 3.37. The molecule has 6 heteroatoms. The van der Waals surface area contributed by atoms with Crippen LogP contribution in [0.1, 0.15) is 31.5 Å². The first-order valence-corrected chi connectivity index (χ1v) is 7.12. The van der Waals surface area contributed by atoms with Gasteiger partial charge >= 0.3 is 0 Å². The molecule has 1 unspecified atom stereocenters. The van der Waals surface area contributed by atoms with Crippen LogP contribution in [0, 0.1) is 0 Å². The Kier molecular flexibility index (Phi) is 4.44. The van der Waals surface area contributed by atoms with E-state index < -0.39 is 11.9 Å². The molecule has 0 aliphatic rings. The van der Waals surface area contributed by atoms with Gasteiger partial charge in [0, 0.05) is 28.0 Å². The maximum absolute atomic E-state index is 11.7. The quantitative estimate of drug-likeness (QED) is 0.881. The molecule has 0 saturated heterocycles. The number of aromatic nitrogens is 2. The molecule has 1 aromatic heterocycles. The normalized spacial score (nSPS) is 12.4. The molecule has 106 valence electrons. The van der Waals surface area contributed by atoms with Gasteiger partial charge in [-0.15, -0.1) is 0 Å². The average molecular weight is 337 g/mol. The summed E-state index contributed by atoms with van der Waals surface area (Å²) in [6.07, 6.45) is 3.51. The van der Waals surface area contributed by atoms with Crippen molar-refractivity contribution in [3.63, 3.8) is 0 Å². The molecule has 0 spiro atoms. The number of hydrogen-bond donors (Lipinski definition) is 2. The highest BCUT2D eigenvalue weighted by Gasteiger charge is 2.19. The number of carbonyl (C=O) groups excluding carboxylic acids is 1. The lowest BCUT2D eigenvalue weighted by Gasteiger charge is -2.15. The number of halogens is 1. The third-order valence-corrected chi connectivity index (χ3v) is 3.45. The van der Waals surface area contributed by atoms with Gasteiger partial charge in [0.2, 0.25) is 5.91 Å². The van der Waals surface area contributed by atoms with Crippen LogP contribution in [-0.2, 0) is 4.79 Å². The second kappa shape index (κ2) is 6.09.